The summed E-state index contributed by atoms with van der Waals surface area (Å²) in [6.45, 7) is 0. The molecule has 0 aliphatic rings. The molecule has 104 valence electrons. The molecule has 1 aromatic carbocycles. The SMILES string of the molecule is O=C(Nc1ncc(-c2ccccn2)s1)Oc1ccccc1. The highest BCUT2D eigenvalue weighted by Gasteiger charge is 2.09. The van der Waals surface area contributed by atoms with Crippen LogP contribution >= 0.6 is 11.3 Å². The summed E-state index contributed by atoms with van der Waals surface area (Å²) in [5.41, 5.74) is 0.819. The van der Waals surface area contributed by atoms with Gasteiger partial charge in [-0.05, 0) is 24.3 Å². The third-order valence-corrected chi connectivity index (χ3v) is 3.52. The van der Waals surface area contributed by atoms with Gasteiger partial charge in [-0.2, -0.15) is 0 Å². The number of hydrogen-bond acceptors (Lipinski definition) is 5. The number of pyridine rings is 1. The maximum atomic E-state index is 11.7. The first-order chi connectivity index (χ1) is 10.3. The number of para-hydroxylation sites is 1. The quantitative estimate of drug-likeness (QED) is 0.798. The Morgan fingerprint density at radius 1 is 1.05 bits per heavy atom. The molecule has 0 saturated carbocycles. The van der Waals surface area contributed by atoms with Crippen LogP contribution in [0.3, 0.4) is 0 Å². The van der Waals surface area contributed by atoms with E-state index in [1.165, 1.54) is 11.3 Å². The van der Waals surface area contributed by atoms with E-state index in [4.69, 9.17) is 4.74 Å². The summed E-state index contributed by atoms with van der Waals surface area (Å²) in [7, 11) is 0. The minimum atomic E-state index is -0.567. The van der Waals surface area contributed by atoms with Gasteiger partial charge >= 0.3 is 6.09 Å². The number of aromatic nitrogens is 2. The van der Waals surface area contributed by atoms with E-state index in [2.05, 4.69) is 15.3 Å². The Kier molecular flexibility index (Phi) is 3.88. The number of anilines is 1. The van der Waals surface area contributed by atoms with Crippen LogP contribution in [0, 0.1) is 0 Å². The van der Waals surface area contributed by atoms with Crippen LogP contribution in [-0.2, 0) is 0 Å². The fourth-order valence-electron chi connectivity index (χ4n) is 1.67. The second-order valence-corrected chi connectivity index (χ2v) is 5.10. The fraction of sp³-hybridized carbons (Fsp3) is 0. The molecule has 0 bridgehead atoms. The largest absolute Gasteiger partial charge is 0.418 e. The Hall–Kier alpha value is -2.73. The van der Waals surface area contributed by atoms with E-state index in [0.29, 0.717) is 10.9 Å². The van der Waals surface area contributed by atoms with Crippen LogP contribution in [0.25, 0.3) is 10.6 Å². The highest BCUT2D eigenvalue weighted by molar-refractivity contribution is 7.19. The molecular weight excluding hydrogens is 286 g/mol. The molecule has 1 N–H and O–H groups in total. The zero-order valence-electron chi connectivity index (χ0n) is 10.9. The van der Waals surface area contributed by atoms with Crippen LogP contribution in [0.4, 0.5) is 9.93 Å². The molecule has 0 atom stereocenters. The highest BCUT2D eigenvalue weighted by atomic mass is 32.1. The van der Waals surface area contributed by atoms with Crippen LogP contribution < -0.4 is 10.1 Å². The zero-order valence-corrected chi connectivity index (χ0v) is 11.7. The Morgan fingerprint density at radius 2 is 1.86 bits per heavy atom. The second-order valence-electron chi connectivity index (χ2n) is 4.07. The molecule has 0 saturated heterocycles. The number of rotatable bonds is 3. The number of amides is 1. The smallest absolute Gasteiger partial charge is 0.410 e. The monoisotopic (exact) mass is 297 g/mol. The standard InChI is InChI=1S/C15H11N3O2S/c19-15(20-11-6-2-1-3-7-11)18-14-17-10-13(21-14)12-8-4-5-9-16-12/h1-10H,(H,17,18,19). The van der Waals surface area contributed by atoms with Gasteiger partial charge in [0.1, 0.15) is 5.75 Å². The van der Waals surface area contributed by atoms with E-state index in [-0.39, 0.29) is 0 Å². The van der Waals surface area contributed by atoms with E-state index in [9.17, 15) is 4.79 Å². The van der Waals surface area contributed by atoms with Gasteiger partial charge in [-0.3, -0.25) is 10.3 Å². The Balaban J connectivity index is 1.66. The summed E-state index contributed by atoms with van der Waals surface area (Å²) >= 11 is 1.34. The van der Waals surface area contributed by atoms with Gasteiger partial charge in [0.2, 0.25) is 0 Å². The normalized spacial score (nSPS) is 10.1. The topological polar surface area (TPSA) is 64.1 Å². The van der Waals surface area contributed by atoms with E-state index < -0.39 is 6.09 Å². The molecule has 3 rings (SSSR count). The molecule has 0 spiro atoms. The predicted octanol–water partition coefficient (Wildman–Crippen LogP) is 3.82. The third-order valence-electron chi connectivity index (χ3n) is 2.59. The lowest BCUT2D eigenvalue weighted by atomic mass is 10.3. The van der Waals surface area contributed by atoms with Crippen molar-refractivity contribution in [1.82, 2.24) is 9.97 Å². The summed E-state index contributed by atoms with van der Waals surface area (Å²) in [6, 6.07) is 14.5. The molecular formula is C15H11N3O2S. The van der Waals surface area contributed by atoms with Crippen molar-refractivity contribution in [3.05, 3.63) is 60.9 Å². The van der Waals surface area contributed by atoms with E-state index in [0.717, 1.165) is 10.6 Å². The number of nitrogens with one attached hydrogen (secondary N) is 1. The molecule has 0 fully saturated rings. The first kappa shape index (κ1) is 13.3. The molecule has 0 aliphatic heterocycles. The maximum absolute atomic E-state index is 11.7. The highest BCUT2D eigenvalue weighted by Crippen LogP contribution is 2.27. The average molecular weight is 297 g/mol. The molecule has 2 heterocycles. The summed E-state index contributed by atoms with van der Waals surface area (Å²) < 4.78 is 5.13. The van der Waals surface area contributed by atoms with Gasteiger partial charge in [0.25, 0.3) is 0 Å². The van der Waals surface area contributed by atoms with Gasteiger partial charge in [-0.25, -0.2) is 9.78 Å². The third kappa shape index (κ3) is 3.43. The number of hydrogen-bond donors (Lipinski definition) is 1. The number of carbonyl (C=O) groups excluding carboxylic acids is 1. The minimum absolute atomic E-state index is 0.469. The van der Waals surface area contributed by atoms with Crippen molar-refractivity contribution in [1.29, 1.82) is 0 Å². The van der Waals surface area contributed by atoms with Gasteiger partial charge in [0.15, 0.2) is 5.13 Å². The molecule has 2 aromatic heterocycles. The molecule has 0 unspecified atom stereocenters. The molecule has 21 heavy (non-hydrogen) atoms. The van der Waals surface area contributed by atoms with E-state index in [1.54, 1.807) is 36.7 Å². The van der Waals surface area contributed by atoms with Crippen LogP contribution in [0.2, 0.25) is 0 Å². The molecule has 6 heteroatoms. The van der Waals surface area contributed by atoms with E-state index in [1.807, 2.05) is 24.3 Å². The van der Waals surface area contributed by atoms with Gasteiger partial charge in [0, 0.05) is 12.4 Å². The Morgan fingerprint density at radius 3 is 2.62 bits per heavy atom. The molecule has 0 aliphatic carbocycles. The lowest BCUT2D eigenvalue weighted by molar-refractivity contribution is 0.215. The van der Waals surface area contributed by atoms with Crippen molar-refractivity contribution in [3.63, 3.8) is 0 Å². The number of carbonyl (C=O) groups is 1. The van der Waals surface area contributed by atoms with Crippen LogP contribution in [-0.4, -0.2) is 16.1 Å². The van der Waals surface area contributed by atoms with Gasteiger partial charge in [0.05, 0.1) is 10.6 Å². The molecule has 3 aromatic rings. The Labute approximate surface area is 125 Å². The van der Waals surface area contributed by atoms with E-state index >= 15 is 0 Å². The van der Waals surface area contributed by atoms with Crippen LogP contribution in [0.15, 0.2) is 60.9 Å². The molecule has 1 amide bonds. The number of thiazole rings is 1. The fourth-order valence-corrected chi connectivity index (χ4v) is 2.45. The molecule has 0 radical (unpaired) electrons. The summed E-state index contributed by atoms with van der Waals surface area (Å²) in [6.07, 6.45) is 2.82. The number of nitrogens with zero attached hydrogens (tertiary/aromatic N) is 2. The van der Waals surface area contributed by atoms with Crippen molar-refractivity contribution in [3.8, 4) is 16.3 Å². The second kappa shape index (κ2) is 6.15. The zero-order chi connectivity index (χ0) is 14.5. The van der Waals surface area contributed by atoms with Gasteiger partial charge < -0.3 is 4.74 Å². The minimum Gasteiger partial charge on any atom is -0.410 e. The lowest BCUT2D eigenvalue weighted by Gasteiger charge is -2.03. The lowest BCUT2D eigenvalue weighted by Crippen LogP contribution is -2.16. The van der Waals surface area contributed by atoms with Gasteiger partial charge in [-0.15, -0.1) is 0 Å². The van der Waals surface area contributed by atoms with Crippen molar-refractivity contribution < 1.29 is 9.53 Å². The van der Waals surface area contributed by atoms with Crippen molar-refractivity contribution in [2.24, 2.45) is 0 Å². The molecule has 5 nitrogen and oxygen atoms in total. The van der Waals surface area contributed by atoms with Crippen LogP contribution in [0.1, 0.15) is 0 Å². The average Bonchev–Trinajstić information content (AvgIpc) is 2.97. The Bertz CT molecular complexity index is 729. The maximum Gasteiger partial charge on any atom is 0.418 e. The predicted molar refractivity (Wildman–Crippen MR) is 81.4 cm³/mol. The number of benzene rings is 1. The summed E-state index contributed by atoms with van der Waals surface area (Å²) in [5, 5.41) is 3.07. The first-order valence-corrected chi connectivity index (χ1v) is 7.04. The van der Waals surface area contributed by atoms with Crippen molar-refractivity contribution in [2.75, 3.05) is 5.32 Å². The summed E-state index contributed by atoms with van der Waals surface area (Å²) in [5.74, 6) is 0.483. The van der Waals surface area contributed by atoms with Gasteiger partial charge in [-0.1, -0.05) is 35.6 Å². The summed E-state index contributed by atoms with van der Waals surface area (Å²) in [4.78, 5) is 21.0. The van der Waals surface area contributed by atoms with Crippen molar-refractivity contribution in [2.45, 2.75) is 0 Å². The van der Waals surface area contributed by atoms with Crippen LogP contribution in [0.5, 0.6) is 5.75 Å². The first-order valence-electron chi connectivity index (χ1n) is 6.22. The number of ether oxygens (including phenoxy) is 1. The van der Waals surface area contributed by atoms with Crippen molar-refractivity contribution >= 4 is 22.6 Å².